The van der Waals surface area contributed by atoms with E-state index in [2.05, 4.69) is 10.4 Å². The van der Waals surface area contributed by atoms with Gasteiger partial charge in [-0.3, -0.25) is 9.59 Å². The van der Waals surface area contributed by atoms with Crippen molar-refractivity contribution < 1.29 is 22.8 Å². The first-order valence-electron chi connectivity index (χ1n) is 11.1. The Morgan fingerprint density at radius 3 is 2.41 bits per heavy atom. The Morgan fingerprint density at radius 2 is 1.74 bits per heavy atom. The van der Waals surface area contributed by atoms with Gasteiger partial charge in [0, 0.05) is 25.8 Å². The predicted molar refractivity (Wildman–Crippen MR) is 120 cm³/mol. The molecule has 1 aromatic heterocycles. The lowest BCUT2D eigenvalue weighted by Crippen LogP contribution is -2.45. The van der Waals surface area contributed by atoms with Gasteiger partial charge in [-0.25, -0.2) is 4.68 Å². The smallest absolute Gasteiger partial charge is 0.352 e. The highest BCUT2D eigenvalue weighted by atomic mass is 19.4. The number of aromatic nitrogens is 2. The molecule has 34 heavy (non-hydrogen) atoms. The normalized spacial score (nSPS) is 16.3. The number of carbonyl (C=O) groups is 2. The van der Waals surface area contributed by atoms with Gasteiger partial charge in [0.15, 0.2) is 5.69 Å². The molecule has 1 aliphatic rings. The van der Waals surface area contributed by atoms with Gasteiger partial charge < -0.3 is 10.2 Å². The van der Waals surface area contributed by atoms with Crippen LogP contribution in [-0.2, 0) is 28.7 Å². The molecule has 2 amide bonds. The Kier molecular flexibility index (Phi) is 7.00. The molecule has 0 bridgehead atoms. The molecule has 1 fully saturated rings. The quantitative estimate of drug-likeness (QED) is 0.593. The summed E-state index contributed by atoms with van der Waals surface area (Å²) < 4.78 is 39.4. The number of carbonyl (C=O) groups excluding carboxylic acids is 2. The van der Waals surface area contributed by atoms with Gasteiger partial charge in [-0.2, -0.15) is 18.3 Å². The number of nitrogens with one attached hydrogen (secondary N) is 1. The number of hydrogen-bond donors (Lipinski definition) is 1. The van der Waals surface area contributed by atoms with E-state index in [1.165, 1.54) is 6.20 Å². The summed E-state index contributed by atoms with van der Waals surface area (Å²) in [6, 6.07) is 17.2. The standard InChI is InChI=1S/C25H25F3N4O2/c26-25(27,28)22-12-14-32(30-22)21-10-8-19(9-11-21)16-29-24(34)20-7-4-13-31(17-20)23(33)15-18-5-2-1-3-6-18/h1-3,5-6,8-12,14,20H,4,7,13,15-17H2,(H,29,34). The summed E-state index contributed by atoms with van der Waals surface area (Å²) in [4.78, 5) is 27.1. The fraction of sp³-hybridized carbons (Fsp3) is 0.320. The molecule has 1 atom stereocenters. The second kappa shape index (κ2) is 10.1. The molecule has 0 spiro atoms. The van der Waals surface area contributed by atoms with Crippen LogP contribution in [0.1, 0.15) is 29.7 Å². The largest absolute Gasteiger partial charge is 0.435 e. The number of piperidine rings is 1. The lowest BCUT2D eigenvalue weighted by Gasteiger charge is -2.32. The van der Waals surface area contributed by atoms with E-state index < -0.39 is 11.9 Å². The van der Waals surface area contributed by atoms with E-state index in [9.17, 15) is 22.8 Å². The Hall–Kier alpha value is -3.62. The summed E-state index contributed by atoms with van der Waals surface area (Å²) in [5, 5.41) is 6.47. The third-order valence-corrected chi connectivity index (χ3v) is 5.89. The number of benzene rings is 2. The molecule has 0 saturated carbocycles. The van der Waals surface area contributed by atoms with E-state index in [0.717, 1.165) is 34.7 Å². The number of nitrogens with zero attached hydrogens (tertiary/aromatic N) is 3. The lowest BCUT2D eigenvalue weighted by atomic mass is 9.96. The molecule has 0 radical (unpaired) electrons. The summed E-state index contributed by atoms with van der Waals surface area (Å²) in [5.41, 5.74) is 1.30. The average Bonchev–Trinajstić information content (AvgIpc) is 3.35. The molecular weight excluding hydrogens is 445 g/mol. The summed E-state index contributed by atoms with van der Waals surface area (Å²) in [7, 11) is 0. The first-order chi connectivity index (χ1) is 16.3. The zero-order chi connectivity index (χ0) is 24.1. The molecule has 9 heteroatoms. The van der Waals surface area contributed by atoms with Crippen molar-refractivity contribution in [3.05, 3.63) is 83.7 Å². The highest BCUT2D eigenvalue weighted by molar-refractivity contribution is 5.82. The third-order valence-electron chi connectivity index (χ3n) is 5.89. The van der Waals surface area contributed by atoms with Gasteiger partial charge in [0.25, 0.3) is 0 Å². The molecule has 1 unspecified atom stereocenters. The molecule has 2 heterocycles. The van der Waals surface area contributed by atoms with Crippen molar-refractivity contribution in [1.82, 2.24) is 20.0 Å². The van der Waals surface area contributed by atoms with Gasteiger partial charge in [0.2, 0.25) is 11.8 Å². The zero-order valence-electron chi connectivity index (χ0n) is 18.5. The van der Waals surface area contributed by atoms with Crippen LogP contribution in [0.15, 0.2) is 66.9 Å². The van der Waals surface area contributed by atoms with Gasteiger partial charge in [-0.05, 0) is 42.2 Å². The van der Waals surface area contributed by atoms with Crippen molar-refractivity contribution in [3.8, 4) is 5.69 Å². The van der Waals surface area contributed by atoms with Gasteiger partial charge in [0.1, 0.15) is 0 Å². The van der Waals surface area contributed by atoms with Crippen molar-refractivity contribution in [2.75, 3.05) is 13.1 Å². The molecule has 6 nitrogen and oxygen atoms in total. The monoisotopic (exact) mass is 470 g/mol. The van der Waals surface area contributed by atoms with Gasteiger partial charge in [-0.15, -0.1) is 0 Å². The van der Waals surface area contributed by atoms with Crippen LogP contribution in [0.3, 0.4) is 0 Å². The van der Waals surface area contributed by atoms with Crippen molar-refractivity contribution in [2.45, 2.75) is 32.0 Å². The first kappa shape index (κ1) is 23.5. The van der Waals surface area contributed by atoms with Crippen molar-refractivity contribution in [2.24, 2.45) is 5.92 Å². The number of hydrogen-bond acceptors (Lipinski definition) is 3. The number of alkyl halides is 3. The van der Waals surface area contributed by atoms with Gasteiger partial charge in [-0.1, -0.05) is 42.5 Å². The fourth-order valence-electron chi connectivity index (χ4n) is 4.02. The Balaban J connectivity index is 1.29. The topological polar surface area (TPSA) is 67.2 Å². The number of rotatable bonds is 6. The molecule has 178 valence electrons. The molecule has 4 rings (SSSR count). The van der Waals surface area contributed by atoms with Crippen molar-refractivity contribution in [1.29, 1.82) is 0 Å². The SMILES string of the molecule is O=C(NCc1ccc(-n2ccc(C(F)(F)F)n2)cc1)C1CCCN(C(=O)Cc2ccccc2)C1. The maximum Gasteiger partial charge on any atom is 0.435 e. The van der Waals surface area contributed by atoms with Crippen LogP contribution in [0.25, 0.3) is 5.69 Å². The van der Waals surface area contributed by atoms with Crippen LogP contribution < -0.4 is 5.32 Å². The third kappa shape index (κ3) is 5.84. The van der Waals surface area contributed by atoms with Crippen LogP contribution >= 0.6 is 0 Å². The van der Waals surface area contributed by atoms with Crippen LogP contribution in [0.4, 0.5) is 13.2 Å². The maximum absolute atomic E-state index is 12.7. The Morgan fingerprint density at radius 1 is 1.00 bits per heavy atom. The average molecular weight is 470 g/mol. The molecule has 1 N–H and O–H groups in total. The van der Waals surface area contributed by atoms with Crippen LogP contribution in [0.2, 0.25) is 0 Å². The predicted octanol–water partition coefficient (Wildman–Crippen LogP) is 3.99. The highest BCUT2D eigenvalue weighted by Gasteiger charge is 2.33. The van der Waals surface area contributed by atoms with Gasteiger partial charge >= 0.3 is 6.18 Å². The zero-order valence-corrected chi connectivity index (χ0v) is 18.5. The van der Waals surface area contributed by atoms with Gasteiger partial charge in [0.05, 0.1) is 18.0 Å². The first-order valence-corrected chi connectivity index (χ1v) is 11.1. The van der Waals surface area contributed by atoms with Crippen LogP contribution in [-0.4, -0.2) is 39.6 Å². The molecule has 3 aromatic rings. The minimum Gasteiger partial charge on any atom is -0.352 e. The summed E-state index contributed by atoms with van der Waals surface area (Å²) in [5.74, 6) is -0.354. The Labute approximate surface area is 195 Å². The fourth-order valence-corrected chi connectivity index (χ4v) is 4.02. The van der Waals surface area contributed by atoms with Crippen molar-refractivity contribution >= 4 is 11.8 Å². The van der Waals surface area contributed by atoms with E-state index in [4.69, 9.17) is 0 Å². The van der Waals surface area contributed by atoms with E-state index >= 15 is 0 Å². The van der Waals surface area contributed by atoms with Crippen LogP contribution in [0, 0.1) is 5.92 Å². The van der Waals surface area contributed by atoms with E-state index in [1.807, 2.05) is 30.3 Å². The highest BCUT2D eigenvalue weighted by Crippen LogP contribution is 2.28. The van der Waals surface area contributed by atoms with Crippen molar-refractivity contribution in [3.63, 3.8) is 0 Å². The summed E-state index contributed by atoms with van der Waals surface area (Å²) >= 11 is 0. The Bertz CT molecular complexity index is 1130. The second-order valence-electron chi connectivity index (χ2n) is 8.37. The number of likely N-dealkylation sites (tertiary alicyclic amines) is 1. The summed E-state index contributed by atoms with van der Waals surface area (Å²) in [6.45, 7) is 1.35. The van der Waals surface area contributed by atoms with E-state index in [1.54, 1.807) is 29.2 Å². The lowest BCUT2D eigenvalue weighted by molar-refractivity contribution is -0.141. The van der Waals surface area contributed by atoms with E-state index in [-0.39, 0.29) is 17.7 Å². The summed E-state index contributed by atoms with van der Waals surface area (Å²) in [6.07, 6.45) is -1.41. The second-order valence-corrected chi connectivity index (χ2v) is 8.37. The molecule has 2 aromatic carbocycles. The number of halogens is 3. The molecule has 0 aliphatic carbocycles. The molecule has 1 aliphatic heterocycles. The minimum atomic E-state index is -4.49. The molecule has 1 saturated heterocycles. The maximum atomic E-state index is 12.7. The van der Waals surface area contributed by atoms with E-state index in [0.29, 0.717) is 31.7 Å². The number of amides is 2. The van der Waals surface area contributed by atoms with Crippen LogP contribution in [0.5, 0.6) is 0 Å². The minimum absolute atomic E-state index is 0.0200. The molecular formula is C25H25F3N4O2.